The molecule has 0 aromatic heterocycles. The van der Waals surface area contributed by atoms with Gasteiger partial charge in [0, 0.05) is 9.61 Å². The molecule has 0 bridgehead atoms. The highest BCUT2D eigenvalue weighted by atomic mass is 127. The van der Waals surface area contributed by atoms with Crippen LogP contribution in [0.3, 0.4) is 0 Å². The van der Waals surface area contributed by atoms with Crippen molar-refractivity contribution in [1.82, 2.24) is 0 Å². The SMILES string of the molecule is N[C@H]1CCc2ccc(I)cc21. The van der Waals surface area contributed by atoms with Crippen LogP contribution in [-0.4, -0.2) is 0 Å². The van der Waals surface area contributed by atoms with E-state index in [9.17, 15) is 0 Å². The first-order valence-corrected chi connectivity index (χ1v) is 4.89. The monoisotopic (exact) mass is 259 g/mol. The molecule has 1 nitrogen and oxygen atoms in total. The Bertz CT molecular complexity index is 283. The van der Waals surface area contributed by atoms with E-state index in [4.69, 9.17) is 5.73 Å². The van der Waals surface area contributed by atoms with E-state index < -0.39 is 0 Å². The van der Waals surface area contributed by atoms with Gasteiger partial charge >= 0.3 is 0 Å². The Labute approximate surface area is 80.1 Å². The van der Waals surface area contributed by atoms with Crippen LogP contribution in [0.1, 0.15) is 23.6 Å². The highest BCUT2D eigenvalue weighted by molar-refractivity contribution is 14.1. The summed E-state index contributed by atoms with van der Waals surface area (Å²) in [6.07, 6.45) is 2.28. The molecule has 2 N–H and O–H groups in total. The third-order valence-electron chi connectivity index (χ3n) is 2.23. The minimum atomic E-state index is 0.291. The number of fused-ring (bicyclic) bond motifs is 1. The second-order valence-corrected chi connectivity index (χ2v) is 4.23. The van der Waals surface area contributed by atoms with Gasteiger partial charge in [0.15, 0.2) is 0 Å². The zero-order chi connectivity index (χ0) is 7.84. The van der Waals surface area contributed by atoms with Gasteiger partial charge in [0.1, 0.15) is 0 Å². The van der Waals surface area contributed by atoms with Crippen LogP contribution in [-0.2, 0) is 6.42 Å². The van der Waals surface area contributed by atoms with Crippen molar-refractivity contribution in [1.29, 1.82) is 0 Å². The summed E-state index contributed by atoms with van der Waals surface area (Å²) in [5.74, 6) is 0. The maximum Gasteiger partial charge on any atom is 0.0301 e. The smallest absolute Gasteiger partial charge is 0.0301 e. The second kappa shape index (κ2) is 2.75. The lowest BCUT2D eigenvalue weighted by molar-refractivity contribution is 0.713. The Kier molecular flexibility index (Phi) is 1.89. The molecule has 0 heterocycles. The molecule has 0 saturated heterocycles. The fourth-order valence-corrected chi connectivity index (χ4v) is 2.12. The molecule has 0 amide bonds. The summed E-state index contributed by atoms with van der Waals surface area (Å²) in [6, 6.07) is 6.84. The minimum Gasteiger partial charge on any atom is -0.324 e. The largest absolute Gasteiger partial charge is 0.324 e. The average molecular weight is 259 g/mol. The molecule has 1 aromatic rings. The molecule has 0 spiro atoms. The Balaban J connectivity index is 2.52. The molecule has 0 fully saturated rings. The maximum absolute atomic E-state index is 5.91. The Morgan fingerprint density at radius 3 is 3.09 bits per heavy atom. The zero-order valence-electron chi connectivity index (χ0n) is 6.18. The topological polar surface area (TPSA) is 26.0 Å². The summed E-state index contributed by atoms with van der Waals surface area (Å²) in [5, 5.41) is 0. The van der Waals surface area contributed by atoms with E-state index in [-0.39, 0.29) is 0 Å². The summed E-state index contributed by atoms with van der Waals surface area (Å²) in [4.78, 5) is 0. The number of nitrogens with two attached hydrogens (primary N) is 1. The number of benzene rings is 1. The van der Waals surface area contributed by atoms with Crippen molar-refractivity contribution in [3.05, 3.63) is 32.9 Å². The Morgan fingerprint density at radius 1 is 1.45 bits per heavy atom. The molecule has 1 atom stereocenters. The number of hydrogen-bond acceptors (Lipinski definition) is 1. The summed E-state index contributed by atoms with van der Waals surface area (Å²) in [7, 11) is 0. The molecule has 11 heavy (non-hydrogen) atoms. The molecule has 0 aliphatic heterocycles. The van der Waals surface area contributed by atoms with E-state index >= 15 is 0 Å². The second-order valence-electron chi connectivity index (χ2n) is 2.99. The summed E-state index contributed by atoms with van der Waals surface area (Å²) < 4.78 is 1.29. The van der Waals surface area contributed by atoms with E-state index in [2.05, 4.69) is 40.8 Å². The molecule has 0 saturated carbocycles. The molecule has 58 valence electrons. The first-order valence-electron chi connectivity index (χ1n) is 3.81. The van der Waals surface area contributed by atoms with Crippen molar-refractivity contribution in [2.75, 3.05) is 0 Å². The van der Waals surface area contributed by atoms with E-state index in [0.29, 0.717) is 6.04 Å². The molecule has 0 radical (unpaired) electrons. The standard InChI is InChI=1S/C9H10IN/c10-7-3-1-6-2-4-9(11)8(6)5-7/h1,3,5,9H,2,4,11H2/t9-/m0/s1. The van der Waals surface area contributed by atoms with Gasteiger partial charge in [-0.3, -0.25) is 0 Å². The van der Waals surface area contributed by atoms with E-state index in [0.717, 1.165) is 12.8 Å². The third-order valence-corrected chi connectivity index (χ3v) is 2.90. The van der Waals surface area contributed by atoms with Crippen molar-refractivity contribution in [3.8, 4) is 0 Å². The third kappa shape index (κ3) is 1.29. The number of halogens is 1. The summed E-state index contributed by atoms with van der Waals surface area (Å²) in [6.45, 7) is 0. The first kappa shape index (κ1) is 7.55. The number of aryl methyl sites for hydroxylation is 1. The van der Waals surface area contributed by atoms with Gasteiger partial charge < -0.3 is 5.73 Å². The zero-order valence-corrected chi connectivity index (χ0v) is 8.34. The van der Waals surface area contributed by atoms with Crippen LogP contribution in [0.15, 0.2) is 18.2 Å². The lowest BCUT2D eigenvalue weighted by Crippen LogP contribution is -2.05. The van der Waals surface area contributed by atoms with Gasteiger partial charge in [-0.1, -0.05) is 6.07 Å². The highest BCUT2D eigenvalue weighted by Crippen LogP contribution is 2.29. The summed E-state index contributed by atoms with van der Waals surface area (Å²) in [5.41, 5.74) is 8.71. The van der Waals surface area contributed by atoms with Crippen LogP contribution in [0.2, 0.25) is 0 Å². The molecular formula is C9H10IN. The van der Waals surface area contributed by atoms with E-state index in [1.807, 2.05) is 0 Å². The molecule has 1 aliphatic rings. The summed E-state index contributed by atoms with van der Waals surface area (Å²) >= 11 is 2.33. The van der Waals surface area contributed by atoms with Gasteiger partial charge in [0.2, 0.25) is 0 Å². The molecular weight excluding hydrogens is 249 g/mol. The lowest BCUT2D eigenvalue weighted by Gasteiger charge is -2.03. The molecule has 0 unspecified atom stereocenters. The molecule has 1 aromatic carbocycles. The van der Waals surface area contributed by atoms with Crippen LogP contribution in [0.4, 0.5) is 0 Å². The van der Waals surface area contributed by atoms with Gasteiger partial charge in [-0.05, 0) is 58.7 Å². The molecule has 2 rings (SSSR count). The molecule has 1 aliphatic carbocycles. The van der Waals surface area contributed by atoms with E-state index in [1.54, 1.807) is 0 Å². The van der Waals surface area contributed by atoms with Crippen LogP contribution in [0.25, 0.3) is 0 Å². The van der Waals surface area contributed by atoms with Crippen molar-refractivity contribution in [2.24, 2.45) is 5.73 Å². The fraction of sp³-hybridized carbons (Fsp3) is 0.333. The fourth-order valence-electron chi connectivity index (χ4n) is 1.61. The maximum atomic E-state index is 5.91. The minimum absolute atomic E-state index is 0.291. The predicted octanol–water partition coefficient (Wildman–Crippen LogP) is 2.24. The van der Waals surface area contributed by atoms with Crippen molar-refractivity contribution in [2.45, 2.75) is 18.9 Å². The Hall–Kier alpha value is -0.0900. The molecule has 2 heteroatoms. The van der Waals surface area contributed by atoms with Crippen LogP contribution < -0.4 is 5.73 Å². The van der Waals surface area contributed by atoms with Gasteiger partial charge in [-0.2, -0.15) is 0 Å². The van der Waals surface area contributed by atoms with Gasteiger partial charge in [0.05, 0.1) is 0 Å². The predicted molar refractivity (Wildman–Crippen MR) is 54.4 cm³/mol. The normalized spacial score (nSPS) is 21.8. The van der Waals surface area contributed by atoms with Gasteiger partial charge in [0.25, 0.3) is 0 Å². The average Bonchev–Trinajstić information content (AvgIpc) is 2.33. The number of rotatable bonds is 0. The van der Waals surface area contributed by atoms with Crippen LogP contribution in [0.5, 0.6) is 0 Å². The van der Waals surface area contributed by atoms with Crippen molar-refractivity contribution < 1.29 is 0 Å². The van der Waals surface area contributed by atoms with Crippen molar-refractivity contribution >= 4 is 22.6 Å². The van der Waals surface area contributed by atoms with Gasteiger partial charge in [-0.25, -0.2) is 0 Å². The van der Waals surface area contributed by atoms with Crippen molar-refractivity contribution in [3.63, 3.8) is 0 Å². The van der Waals surface area contributed by atoms with Crippen LogP contribution in [0, 0.1) is 3.57 Å². The van der Waals surface area contributed by atoms with Gasteiger partial charge in [-0.15, -0.1) is 0 Å². The van der Waals surface area contributed by atoms with E-state index in [1.165, 1.54) is 14.7 Å². The highest BCUT2D eigenvalue weighted by Gasteiger charge is 2.18. The van der Waals surface area contributed by atoms with Crippen LogP contribution >= 0.6 is 22.6 Å². The quantitative estimate of drug-likeness (QED) is 0.710. The first-order chi connectivity index (χ1) is 5.27. The Morgan fingerprint density at radius 2 is 2.27 bits per heavy atom. The number of hydrogen-bond donors (Lipinski definition) is 1. The lowest BCUT2D eigenvalue weighted by atomic mass is 10.1.